The maximum atomic E-state index is 12.4. The van der Waals surface area contributed by atoms with Crippen LogP contribution in [0.2, 0.25) is 0 Å². The number of ketones is 1. The van der Waals surface area contributed by atoms with Crippen LogP contribution < -0.4 is 0 Å². The molecule has 0 N–H and O–H groups in total. The first kappa shape index (κ1) is 15.1. The molecule has 96 valence electrons. The Hall–Kier alpha value is -1.00. The zero-order chi connectivity index (χ0) is 13.9. The van der Waals surface area contributed by atoms with Gasteiger partial charge in [0.15, 0.2) is 5.78 Å². The number of hydrogen-bond donors (Lipinski definition) is 0. The highest BCUT2D eigenvalue weighted by atomic mass is 79.9. The van der Waals surface area contributed by atoms with E-state index < -0.39 is 27.9 Å². The predicted octanol–water partition coefficient (Wildman–Crippen LogP) is 4.14. The van der Waals surface area contributed by atoms with E-state index in [9.17, 15) is 18.0 Å². The minimum absolute atomic E-state index is 0.0550. The fourth-order valence-corrected chi connectivity index (χ4v) is 2.22. The molecule has 0 radical (unpaired) electrons. The third-order valence-electron chi connectivity index (χ3n) is 1.98. The normalized spacial score (nSPS) is 12.9. The lowest BCUT2D eigenvalue weighted by Crippen LogP contribution is -2.14. The topological polar surface area (TPSA) is 40.9 Å². The largest absolute Gasteiger partial charge is 0.446 e. The van der Waals surface area contributed by atoms with Crippen LogP contribution in [0, 0.1) is 11.3 Å². The Morgan fingerprint density at radius 3 is 2.56 bits per heavy atom. The molecule has 0 spiro atoms. The molecule has 1 aromatic carbocycles. The number of nitriles is 1. The summed E-state index contributed by atoms with van der Waals surface area (Å²) in [7, 11) is 0. The van der Waals surface area contributed by atoms with E-state index in [2.05, 4.69) is 15.9 Å². The summed E-state index contributed by atoms with van der Waals surface area (Å²) in [6.07, 6.45) is 0. The Morgan fingerprint density at radius 2 is 2.11 bits per heavy atom. The third kappa shape index (κ3) is 3.75. The van der Waals surface area contributed by atoms with Gasteiger partial charge < -0.3 is 0 Å². The van der Waals surface area contributed by atoms with Gasteiger partial charge in [0, 0.05) is 4.90 Å². The monoisotopic (exact) mass is 337 g/mol. The highest BCUT2D eigenvalue weighted by molar-refractivity contribution is 9.10. The number of halogens is 4. The molecule has 0 bridgehead atoms. The van der Waals surface area contributed by atoms with Gasteiger partial charge in [-0.05, 0) is 30.8 Å². The van der Waals surface area contributed by atoms with E-state index in [1.165, 1.54) is 25.1 Å². The summed E-state index contributed by atoms with van der Waals surface area (Å²) >= 11 is 2.61. The summed E-state index contributed by atoms with van der Waals surface area (Å²) < 4.78 is 37.1. The van der Waals surface area contributed by atoms with Crippen LogP contribution in [0.3, 0.4) is 0 Å². The van der Waals surface area contributed by atoms with Crippen LogP contribution in [-0.4, -0.2) is 16.1 Å². The molecule has 1 rings (SSSR count). The molecule has 0 aliphatic heterocycles. The maximum absolute atomic E-state index is 12.4. The smallest absolute Gasteiger partial charge is 0.293 e. The van der Waals surface area contributed by atoms with E-state index in [0.29, 0.717) is 0 Å². The minimum Gasteiger partial charge on any atom is -0.293 e. The van der Waals surface area contributed by atoms with E-state index in [1.54, 1.807) is 6.07 Å². The van der Waals surface area contributed by atoms with Crippen LogP contribution in [0.15, 0.2) is 23.1 Å². The van der Waals surface area contributed by atoms with Gasteiger partial charge in [0.05, 0.1) is 22.0 Å². The molecular formula is C11H7BrF3NOS. The Bertz CT molecular complexity index is 508. The minimum atomic E-state index is -4.50. The van der Waals surface area contributed by atoms with Crippen LogP contribution >= 0.6 is 27.7 Å². The van der Waals surface area contributed by atoms with Gasteiger partial charge in [-0.25, -0.2) is 0 Å². The predicted molar refractivity (Wildman–Crippen MR) is 65.8 cm³/mol. The van der Waals surface area contributed by atoms with Crippen LogP contribution in [-0.2, 0) is 0 Å². The van der Waals surface area contributed by atoms with Gasteiger partial charge >= 0.3 is 5.51 Å². The van der Waals surface area contributed by atoms with Gasteiger partial charge in [-0.3, -0.25) is 4.79 Å². The fourth-order valence-electron chi connectivity index (χ4n) is 1.29. The quantitative estimate of drug-likeness (QED) is 0.473. The molecule has 1 aromatic rings. The molecule has 0 amide bonds. The van der Waals surface area contributed by atoms with Crippen LogP contribution in [0.25, 0.3) is 0 Å². The van der Waals surface area contributed by atoms with E-state index in [4.69, 9.17) is 5.26 Å². The summed E-state index contributed by atoms with van der Waals surface area (Å²) in [5, 5.41) is 8.86. The molecule has 0 fully saturated rings. The van der Waals surface area contributed by atoms with Gasteiger partial charge in [0.1, 0.15) is 0 Å². The molecular weight excluding hydrogens is 331 g/mol. The van der Waals surface area contributed by atoms with E-state index in [0.717, 1.165) is 0 Å². The molecule has 0 aromatic heterocycles. The number of benzene rings is 1. The van der Waals surface area contributed by atoms with Crippen molar-refractivity contribution in [2.75, 3.05) is 0 Å². The highest BCUT2D eigenvalue weighted by Crippen LogP contribution is 2.39. The standard InChI is InChI=1S/C11H7BrF3NOS/c1-6(12)10(17)9-7(5-16)3-2-4-8(9)18-11(13,14)15/h2-4,6H,1H3. The number of hydrogen-bond acceptors (Lipinski definition) is 3. The van der Waals surface area contributed by atoms with Gasteiger partial charge in [0.25, 0.3) is 0 Å². The number of carbonyl (C=O) groups is 1. The van der Waals surface area contributed by atoms with Gasteiger partial charge in [-0.2, -0.15) is 18.4 Å². The number of nitrogens with zero attached hydrogens (tertiary/aromatic N) is 1. The Kier molecular flexibility index (Phi) is 4.82. The first-order valence-electron chi connectivity index (χ1n) is 4.73. The van der Waals surface area contributed by atoms with Crippen LogP contribution in [0.5, 0.6) is 0 Å². The second kappa shape index (κ2) is 5.76. The Balaban J connectivity index is 3.35. The van der Waals surface area contributed by atoms with Gasteiger partial charge in [0.2, 0.25) is 0 Å². The van der Waals surface area contributed by atoms with Crippen molar-refractivity contribution < 1.29 is 18.0 Å². The lowest BCUT2D eigenvalue weighted by molar-refractivity contribution is -0.0328. The fraction of sp³-hybridized carbons (Fsp3) is 0.273. The molecule has 0 saturated heterocycles. The van der Waals surface area contributed by atoms with E-state index in [-0.39, 0.29) is 16.0 Å². The summed E-state index contributed by atoms with van der Waals surface area (Å²) in [5.74, 6) is -0.543. The molecule has 2 nitrogen and oxygen atoms in total. The van der Waals surface area contributed by atoms with Crippen molar-refractivity contribution in [1.82, 2.24) is 0 Å². The number of rotatable bonds is 3. The van der Waals surface area contributed by atoms with Crippen molar-refractivity contribution in [2.45, 2.75) is 22.2 Å². The first-order chi connectivity index (χ1) is 8.26. The Labute approximate surface area is 114 Å². The average Bonchev–Trinajstić information content (AvgIpc) is 2.25. The van der Waals surface area contributed by atoms with Crippen molar-refractivity contribution in [3.8, 4) is 6.07 Å². The summed E-state index contributed by atoms with van der Waals surface area (Å²) in [4.78, 5) is 10.9. The van der Waals surface area contributed by atoms with Crippen molar-refractivity contribution in [3.05, 3.63) is 29.3 Å². The third-order valence-corrected chi connectivity index (χ3v) is 3.19. The second-order valence-corrected chi connectivity index (χ2v) is 5.80. The summed E-state index contributed by atoms with van der Waals surface area (Å²) in [6, 6.07) is 5.56. The molecule has 0 saturated carbocycles. The molecule has 0 aliphatic carbocycles. The van der Waals surface area contributed by atoms with Crippen molar-refractivity contribution >= 4 is 33.5 Å². The molecule has 18 heavy (non-hydrogen) atoms. The van der Waals surface area contributed by atoms with E-state index in [1.807, 2.05) is 0 Å². The molecule has 7 heteroatoms. The van der Waals surface area contributed by atoms with Crippen molar-refractivity contribution in [3.63, 3.8) is 0 Å². The molecule has 1 atom stereocenters. The SMILES string of the molecule is CC(Br)C(=O)c1c(C#N)cccc1SC(F)(F)F. The zero-order valence-electron chi connectivity index (χ0n) is 9.08. The van der Waals surface area contributed by atoms with Crippen LogP contribution in [0.1, 0.15) is 22.8 Å². The maximum Gasteiger partial charge on any atom is 0.446 e. The zero-order valence-corrected chi connectivity index (χ0v) is 11.5. The van der Waals surface area contributed by atoms with Crippen molar-refractivity contribution in [2.24, 2.45) is 0 Å². The van der Waals surface area contributed by atoms with Crippen molar-refractivity contribution in [1.29, 1.82) is 5.26 Å². The molecule has 0 aliphatic rings. The highest BCUT2D eigenvalue weighted by Gasteiger charge is 2.32. The first-order valence-corrected chi connectivity index (χ1v) is 6.46. The molecule has 1 unspecified atom stereocenters. The number of Topliss-reactive ketones (excluding diaryl/α,β-unsaturated/α-hetero) is 1. The molecule has 0 heterocycles. The number of thioether (sulfide) groups is 1. The summed E-state index contributed by atoms with van der Waals surface area (Å²) in [5.41, 5.74) is -4.74. The number of carbonyl (C=O) groups excluding carboxylic acids is 1. The van der Waals surface area contributed by atoms with Gasteiger partial charge in [-0.1, -0.05) is 22.0 Å². The number of alkyl halides is 4. The summed E-state index contributed by atoms with van der Waals surface area (Å²) in [6.45, 7) is 1.50. The Morgan fingerprint density at radius 1 is 1.50 bits per heavy atom. The van der Waals surface area contributed by atoms with Gasteiger partial charge in [-0.15, -0.1) is 0 Å². The average molecular weight is 338 g/mol. The lowest BCUT2D eigenvalue weighted by atomic mass is 10.0. The second-order valence-electron chi connectivity index (χ2n) is 3.32. The lowest BCUT2D eigenvalue weighted by Gasteiger charge is -2.12. The van der Waals surface area contributed by atoms with Crippen LogP contribution in [0.4, 0.5) is 13.2 Å². The van der Waals surface area contributed by atoms with E-state index >= 15 is 0 Å².